The first-order chi connectivity index (χ1) is 18.7. The molecule has 4 N–H and O–H groups in total. The fraction of sp³-hybridized carbons (Fsp3) is 0.111. The third kappa shape index (κ3) is 4.65. The molecule has 1 amide bonds. The third-order valence-electron chi connectivity index (χ3n) is 6.11. The smallest absolute Gasteiger partial charge is 0.263 e. The van der Waals surface area contributed by atoms with E-state index < -0.39 is 6.04 Å². The Kier molecular flexibility index (Phi) is 6.16. The molecule has 3 aromatic heterocycles. The van der Waals surface area contributed by atoms with Gasteiger partial charge in [-0.25, -0.2) is 4.98 Å². The van der Waals surface area contributed by atoms with E-state index in [9.17, 15) is 9.90 Å². The number of nitrogens with zero attached hydrogens (tertiary/aromatic N) is 5. The molecule has 11 nitrogen and oxygen atoms in total. The molecule has 0 fully saturated rings. The minimum atomic E-state index is -0.449. The van der Waals surface area contributed by atoms with Crippen molar-refractivity contribution >= 4 is 23.4 Å². The van der Waals surface area contributed by atoms with Gasteiger partial charge in [-0.05, 0) is 41.5 Å². The zero-order chi connectivity index (χ0) is 25.9. The van der Waals surface area contributed by atoms with Crippen molar-refractivity contribution in [1.29, 1.82) is 0 Å². The van der Waals surface area contributed by atoms with Crippen molar-refractivity contribution in [3.63, 3.8) is 0 Å². The number of benzene rings is 2. The lowest BCUT2D eigenvalue weighted by Crippen LogP contribution is -2.17. The van der Waals surface area contributed by atoms with Gasteiger partial charge in [-0.2, -0.15) is 9.97 Å². The van der Waals surface area contributed by atoms with Crippen LogP contribution >= 0.6 is 0 Å². The monoisotopic (exact) mass is 506 g/mol. The first kappa shape index (κ1) is 23.3. The summed E-state index contributed by atoms with van der Waals surface area (Å²) in [5.41, 5.74) is 4.34. The molecule has 38 heavy (non-hydrogen) atoms. The number of hydrogen-bond donors (Lipinski definition) is 4. The maximum Gasteiger partial charge on any atom is 0.263 e. The van der Waals surface area contributed by atoms with Gasteiger partial charge < -0.3 is 25.6 Å². The lowest BCUT2D eigenvalue weighted by atomic mass is 10.1. The molecule has 1 aliphatic heterocycles. The van der Waals surface area contributed by atoms with E-state index >= 15 is 0 Å². The van der Waals surface area contributed by atoms with E-state index in [1.54, 1.807) is 36.8 Å². The summed E-state index contributed by atoms with van der Waals surface area (Å²) in [4.78, 5) is 29.6. The number of rotatable bonds is 8. The van der Waals surface area contributed by atoms with Gasteiger partial charge in [0.1, 0.15) is 11.4 Å². The molecule has 0 radical (unpaired) electrons. The first-order valence-electron chi connectivity index (χ1n) is 11.9. The lowest BCUT2D eigenvalue weighted by Gasteiger charge is -2.19. The third-order valence-corrected chi connectivity index (χ3v) is 6.11. The minimum absolute atomic E-state index is 0.0835. The number of hydrogen-bond acceptors (Lipinski definition) is 10. The highest BCUT2D eigenvalue weighted by molar-refractivity contribution is 5.98. The van der Waals surface area contributed by atoms with Crippen molar-refractivity contribution in [2.24, 2.45) is 0 Å². The second-order valence-corrected chi connectivity index (χ2v) is 8.59. The van der Waals surface area contributed by atoms with Gasteiger partial charge in [-0.3, -0.25) is 9.78 Å². The predicted molar refractivity (Wildman–Crippen MR) is 139 cm³/mol. The van der Waals surface area contributed by atoms with Crippen LogP contribution in [0.4, 0.5) is 17.5 Å². The molecule has 0 saturated heterocycles. The number of aliphatic hydroxyl groups is 1. The summed E-state index contributed by atoms with van der Waals surface area (Å²) in [5, 5.41) is 23.5. The van der Waals surface area contributed by atoms with Crippen LogP contribution in [-0.4, -0.2) is 42.7 Å². The Labute approximate surface area is 217 Å². The second kappa shape index (κ2) is 10.1. The van der Waals surface area contributed by atoms with Crippen LogP contribution in [0.1, 0.15) is 27.5 Å². The number of carbonyl (C=O) groups excluding carboxylic acids is 1. The summed E-state index contributed by atoms with van der Waals surface area (Å²) in [7, 11) is 0. The van der Waals surface area contributed by atoms with Gasteiger partial charge in [0.25, 0.3) is 11.8 Å². The molecule has 11 heteroatoms. The van der Waals surface area contributed by atoms with Crippen molar-refractivity contribution in [1.82, 2.24) is 30.4 Å². The Hall–Kier alpha value is -5.16. The van der Waals surface area contributed by atoms with E-state index in [-0.39, 0.29) is 18.4 Å². The average molecular weight is 507 g/mol. The summed E-state index contributed by atoms with van der Waals surface area (Å²) in [6, 6.07) is 18.2. The Morgan fingerprint density at radius 2 is 1.92 bits per heavy atom. The van der Waals surface area contributed by atoms with Crippen molar-refractivity contribution in [3.05, 3.63) is 95.9 Å². The van der Waals surface area contributed by atoms with E-state index in [1.165, 1.54) is 0 Å². The van der Waals surface area contributed by atoms with Gasteiger partial charge in [0.15, 0.2) is 0 Å². The molecule has 0 unspecified atom stereocenters. The molecule has 2 aromatic carbocycles. The maximum absolute atomic E-state index is 11.9. The summed E-state index contributed by atoms with van der Waals surface area (Å²) in [5.74, 6) is 1.21. The van der Waals surface area contributed by atoms with Crippen LogP contribution in [0, 0.1) is 0 Å². The van der Waals surface area contributed by atoms with Gasteiger partial charge >= 0.3 is 0 Å². The predicted octanol–water partition coefficient (Wildman–Crippen LogP) is 3.72. The quantitative estimate of drug-likeness (QED) is 0.245. The Bertz CT molecular complexity index is 1590. The fourth-order valence-corrected chi connectivity index (χ4v) is 4.18. The number of nitrogens with one attached hydrogen (secondary N) is 3. The van der Waals surface area contributed by atoms with Crippen molar-refractivity contribution in [2.75, 3.05) is 17.2 Å². The molecule has 1 atom stereocenters. The molecule has 188 valence electrons. The molecule has 0 spiro atoms. The van der Waals surface area contributed by atoms with E-state index in [0.29, 0.717) is 40.8 Å². The Balaban J connectivity index is 1.35. The van der Waals surface area contributed by atoms with Crippen molar-refractivity contribution in [2.45, 2.75) is 12.6 Å². The van der Waals surface area contributed by atoms with E-state index in [0.717, 1.165) is 16.8 Å². The second-order valence-electron chi connectivity index (χ2n) is 8.59. The maximum atomic E-state index is 11.9. The molecule has 1 aliphatic rings. The number of anilines is 3. The minimum Gasteiger partial charge on any atom is -0.394 e. The highest BCUT2D eigenvalue weighted by Gasteiger charge is 2.22. The van der Waals surface area contributed by atoms with Crippen LogP contribution in [0.3, 0.4) is 0 Å². The summed E-state index contributed by atoms with van der Waals surface area (Å²) < 4.78 is 5.55. The van der Waals surface area contributed by atoms with Crippen LogP contribution < -0.4 is 16.0 Å². The van der Waals surface area contributed by atoms with Gasteiger partial charge in [0, 0.05) is 41.9 Å². The number of pyridine rings is 1. The number of fused-ring (bicyclic) bond motifs is 1. The van der Waals surface area contributed by atoms with Crippen LogP contribution in [0.15, 0.2) is 83.8 Å². The van der Waals surface area contributed by atoms with Crippen molar-refractivity contribution < 1.29 is 14.4 Å². The van der Waals surface area contributed by atoms with Crippen molar-refractivity contribution in [3.8, 4) is 22.8 Å². The summed E-state index contributed by atoms with van der Waals surface area (Å²) in [6.45, 7) is 0.300. The topological polar surface area (TPSA) is 151 Å². The molecular weight excluding hydrogens is 484 g/mol. The fourth-order valence-electron chi connectivity index (χ4n) is 4.18. The first-order valence-corrected chi connectivity index (χ1v) is 11.9. The number of aromatic nitrogens is 5. The molecule has 4 heterocycles. The number of amides is 1. The highest BCUT2D eigenvalue weighted by atomic mass is 16.5. The highest BCUT2D eigenvalue weighted by Crippen LogP contribution is 2.31. The van der Waals surface area contributed by atoms with Crippen LogP contribution in [0.5, 0.6) is 0 Å². The van der Waals surface area contributed by atoms with E-state index in [4.69, 9.17) is 4.52 Å². The number of aliphatic hydroxyl groups excluding tert-OH is 1. The van der Waals surface area contributed by atoms with Gasteiger partial charge in [-0.1, -0.05) is 35.5 Å². The average Bonchev–Trinajstić information content (AvgIpc) is 3.60. The standard InChI is InChI=1S/C27H22N8O3/c36-15-22(16-5-2-1-3-6-16)32-24-21(26-33-23(35-38-26)17-7-4-10-28-12-17)14-30-27(34-24)31-19-8-9-20-18(11-19)13-29-25(20)37/h1-12,14,22,36H,13,15H2,(H,29,37)(H2,30,31,32,34)/t22-/m1/s1. The zero-order valence-corrected chi connectivity index (χ0v) is 20.0. The summed E-state index contributed by atoms with van der Waals surface area (Å²) in [6.07, 6.45) is 4.89. The largest absolute Gasteiger partial charge is 0.394 e. The van der Waals surface area contributed by atoms with Gasteiger partial charge in [0.05, 0.1) is 12.6 Å². The number of carbonyl (C=O) groups is 1. The van der Waals surface area contributed by atoms with E-state index in [2.05, 4.69) is 41.0 Å². The van der Waals surface area contributed by atoms with Crippen LogP contribution in [-0.2, 0) is 6.54 Å². The molecule has 0 aliphatic carbocycles. The molecule has 0 saturated carbocycles. The lowest BCUT2D eigenvalue weighted by molar-refractivity contribution is 0.0965. The normalized spacial score (nSPS) is 13.0. The van der Waals surface area contributed by atoms with Crippen LogP contribution in [0.2, 0.25) is 0 Å². The SMILES string of the molecule is O=C1NCc2cc(Nc3ncc(-c4nc(-c5cccnc5)no4)c(N[C@H](CO)c4ccccc4)n3)ccc21. The molecule has 6 rings (SSSR count). The molecule has 5 aromatic rings. The zero-order valence-electron chi connectivity index (χ0n) is 20.0. The van der Waals surface area contributed by atoms with Gasteiger partial charge in [0.2, 0.25) is 11.8 Å². The molecule has 0 bridgehead atoms. The van der Waals surface area contributed by atoms with Gasteiger partial charge in [-0.15, -0.1) is 0 Å². The van der Waals surface area contributed by atoms with E-state index in [1.807, 2.05) is 42.5 Å². The summed E-state index contributed by atoms with van der Waals surface area (Å²) >= 11 is 0. The Morgan fingerprint density at radius 3 is 2.74 bits per heavy atom. The molecular formula is C27H22N8O3. The Morgan fingerprint density at radius 1 is 1.03 bits per heavy atom. The van der Waals surface area contributed by atoms with Crippen LogP contribution in [0.25, 0.3) is 22.8 Å².